The van der Waals surface area contributed by atoms with Gasteiger partial charge in [-0.15, -0.1) is 0 Å². The molecule has 0 aliphatic heterocycles. The summed E-state index contributed by atoms with van der Waals surface area (Å²) in [6, 6.07) is 17.5. The summed E-state index contributed by atoms with van der Waals surface area (Å²) in [5.74, 6) is 0.636. The minimum atomic E-state index is 0.0181. The first-order valence-electron chi connectivity index (χ1n) is 8.12. The van der Waals surface area contributed by atoms with Crippen LogP contribution in [0.3, 0.4) is 0 Å². The van der Waals surface area contributed by atoms with Crippen LogP contribution in [0.5, 0.6) is 5.75 Å². The maximum absolute atomic E-state index is 11.9. The molecule has 1 amide bonds. The normalized spacial score (nSPS) is 10.0. The molecule has 2 rings (SSSR count). The third kappa shape index (κ3) is 6.13. The van der Waals surface area contributed by atoms with Gasteiger partial charge in [-0.2, -0.15) is 5.26 Å². The SMILES string of the molecule is Cc1ccc(CCCCC(=O)Nc2ccc(OCC#N)cc2)cc1. The number of aryl methyl sites for hydroxylation is 2. The lowest BCUT2D eigenvalue weighted by atomic mass is 10.1. The van der Waals surface area contributed by atoms with Crippen LogP contribution in [0.2, 0.25) is 0 Å². The smallest absolute Gasteiger partial charge is 0.224 e. The van der Waals surface area contributed by atoms with Crippen LogP contribution in [0.15, 0.2) is 48.5 Å². The summed E-state index contributed by atoms with van der Waals surface area (Å²) >= 11 is 0. The Morgan fingerprint density at radius 3 is 2.46 bits per heavy atom. The van der Waals surface area contributed by atoms with Gasteiger partial charge in [-0.3, -0.25) is 4.79 Å². The Labute approximate surface area is 143 Å². The topological polar surface area (TPSA) is 62.1 Å². The Bertz CT molecular complexity index is 685. The number of rotatable bonds is 8. The van der Waals surface area contributed by atoms with Crippen LogP contribution in [0.1, 0.15) is 30.4 Å². The van der Waals surface area contributed by atoms with E-state index >= 15 is 0 Å². The minimum Gasteiger partial charge on any atom is -0.479 e. The lowest BCUT2D eigenvalue weighted by Crippen LogP contribution is -2.11. The summed E-state index contributed by atoms with van der Waals surface area (Å²) in [5.41, 5.74) is 3.32. The molecule has 124 valence electrons. The molecule has 0 radical (unpaired) electrons. The van der Waals surface area contributed by atoms with E-state index in [4.69, 9.17) is 10.00 Å². The molecule has 0 heterocycles. The molecule has 0 bridgehead atoms. The summed E-state index contributed by atoms with van der Waals surface area (Å²) in [7, 11) is 0. The summed E-state index contributed by atoms with van der Waals surface area (Å²) in [6.45, 7) is 2.10. The zero-order valence-electron chi connectivity index (χ0n) is 13.9. The van der Waals surface area contributed by atoms with Crippen molar-refractivity contribution in [2.24, 2.45) is 0 Å². The van der Waals surface area contributed by atoms with Gasteiger partial charge in [0.25, 0.3) is 0 Å². The molecule has 0 fully saturated rings. The van der Waals surface area contributed by atoms with Crippen LogP contribution in [-0.4, -0.2) is 12.5 Å². The largest absolute Gasteiger partial charge is 0.479 e. The summed E-state index contributed by atoms with van der Waals surface area (Å²) in [6.07, 6.45) is 3.37. The molecule has 0 saturated heterocycles. The zero-order valence-corrected chi connectivity index (χ0v) is 13.9. The predicted octanol–water partition coefficient (Wildman–Crippen LogP) is 4.25. The fourth-order valence-corrected chi connectivity index (χ4v) is 2.34. The lowest BCUT2D eigenvalue weighted by molar-refractivity contribution is -0.116. The first kappa shape index (κ1) is 17.6. The molecule has 0 aliphatic carbocycles. The Kier molecular flexibility index (Phi) is 6.85. The van der Waals surface area contributed by atoms with Crippen molar-refractivity contribution in [3.8, 4) is 11.8 Å². The number of anilines is 1. The number of nitrogens with one attached hydrogen (secondary N) is 1. The highest BCUT2D eigenvalue weighted by atomic mass is 16.5. The molecule has 0 atom stereocenters. The van der Waals surface area contributed by atoms with Crippen molar-refractivity contribution in [2.75, 3.05) is 11.9 Å². The molecule has 24 heavy (non-hydrogen) atoms. The molecule has 2 aromatic rings. The standard InChI is InChI=1S/C20H22N2O2/c1-16-6-8-17(9-7-16)4-2-3-5-20(23)22-18-10-12-19(13-11-18)24-15-14-21/h6-13H,2-5,15H2,1H3,(H,22,23). The average Bonchev–Trinajstić information content (AvgIpc) is 2.60. The lowest BCUT2D eigenvalue weighted by Gasteiger charge is -2.07. The quantitative estimate of drug-likeness (QED) is 0.739. The third-order valence-electron chi connectivity index (χ3n) is 3.68. The zero-order chi connectivity index (χ0) is 17.2. The first-order valence-corrected chi connectivity index (χ1v) is 8.12. The Hall–Kier alpha value is -2.80. The molecular formula is C20H22N2O2. The molecule has 0 saturated carbocycles. The van der Waals surface area contributed by atoms with Crippen LogP contribution < -0.4 is 10.1 Å². The van der Waals surface area contributed by atoms with Crippen molar-refractivity contribution >= 4 is 11.6 Å². The number of carbonyl (C=O) groups excluding carboxylic acids is 1. The van der Waals surface area contributed by atoms with Gasteiger partial charge < -0.3 is 10.1 Å². The third-order valence-corrected chi connectivity index (χ3v) is 3.68. The van der Waals surface area contributed by atoms with E-state index in [2.05, 4.69) is 36.5 Å². The molecule has 4 heteroatoms. The molecule has 4 nitrogen and oxygen atoms in total. The summed E-state index contributed by atoms with van der Waals surface area (Å²) in [4.78, 5) is 11.9. The van der Waals surface area contributed by atoms with E-state index in [1.165, 1.54) is 11.1 Å². The van der Waals surface area contributed by atoms with Crippen molar-refractivity contribution in [3.63, 3.8) is 0 Å². The van der Waals surface area contributed by atoms with Gasteiger partial charge in [-0.1, -0.05) is 29.8 Å². The molecule has 0 aromatic heterocycles. The molecular weight excluding hydrogens is 300 g/mol. The van der Waals surface area contributed by atoms with Crippen molar-refractivity contribution in [1.29, 1.82) is 5.26 Å². The summed E-state index contributed by atoms with van der Waals surface area (Å²) < 4.78 is 5.17. The van der Waals surface area contributed by atoms with E-state index < -0.39 is 0 Å². The van der Waals surface area contributed by atoms with Crippen LogP contribution >= 0.6 is 0 Å². The van der Waals surface area contributed by atoms with Crippen molar-refractivity contribution in [1.82, 2.24) is 0 Å². The Morgan fingerprint density at radius 1 is 1.08 bits per heavy atom. The minimum absolute atomic E-state index is 0.0181. The number of benzene rings is 2. The highest BCUT2D eigenvalue weighted by Gasteiger charge is 2.03. The van der Waals surface area contributed by atoms with E-state index in [9.17, 15) is 4.79 Å². The van der Waals surface area contributed by atoms with Crippen LogP contribution in [-0.2, 0) is 11.2 Å². The first-order chi connectivity index (χ1) is 11.7. The molecule has 0 aliphatic rings. The van der Waals surface area contributed by atoms with Crippen molar-refractivity contribution < 1.29 is 9.53 Å². The van der Waals surface area contributed by atoms with Crippen LogP contribution in [0, 0.1) is 18.3 Å². The van der Waals surface area contributed by atoms with Crippen LogP contribution in [0.4, 0.5) is 5.69 Å². The molecule has 0 spiro atoms. The van der Waals surface area contributed by atoms with Gasteiger partial charge in [0, 0.05) is 12.1 Å². The average molecular weight is 322 g/mol. The van der Waals surface area contributed by atoms with Gasteiger partial charge in [0.15, 0.2) is 6.61 Å². The Balaban J connectivity index is 1.67. The number of unbranched alkanes of at least 4 members (excludes halogenated alkanes) is 1. The summed E-state index contributed by atoms with van der Waals surface area (Å²) in [5, 5.41) is 11.3. The van der Waals surface area contributed by atoms with Gasteiger partial charge in [0.1, 0.15) is 11.8 Å². The van der Waals surface area contributed by atoms with Crippen molar-refractivity contribution in [2.45, 2.75) is 32.6 Å². The highest BCUT2D eigenvalue weighted by Crippen LogP contribution is 2.16. The second kappa shape index (κ2) is 9.36. The maximum atomic E-state index is 11.9. The number of hydrogen-bond acceptors (Lipinski definition) is 3. The maximum Gasteiger partial charge on any atom is 0.224 e. The molecule has 2 aromatic carbocycles. The van der Waals surface area contributed by atoms with Gasteiger partial charge in [-0.25, -0.2) is 0 Å². The number of carbonyl (C=O) groups is 1. The van der Waals surface area contributed by atoms with Gasteiger partial charge in [-0.05, 0) is 56.0 Å². The van der Waals surface area contributed by atoms with E-state index in [1.54, 1.807) is 24.3 Å². The number of ether oxygens (including phenoxy) is 1. The predicted molar refractivity (Wildman–Crippen MR) is 94.9 cm³/mol. The van der Waals surface area contributed by atoms with Gasteiger partial charge >= 0.3 is 0 Å². The van der Waals surface area contributed by atoms with E-state index in [0.29, 0.717) is 12.2 Å². The number of amides is 1. The van der Waals surface area contributed by atoms with Gasteiger partial charge in [0.05, 0.1) is 0 Å². The number of hydrogen-bond donors (Lipinski definition) is 1. The second-order valence-electron chi connectivity index (χ2n) is 5.71. The monoisotopic (exact) mass is 322 g/mol. The molecule has 0 unspecified atom stereocenters. The van der Waals surface area contributed by atoms with Crippen molar-refractivity contribution in [3.05, 3.63) is 59.7 Å². The fraction of sp³-hybridized carbons (Fsp3) is 0.300. The van der Waals surface area contributed by atoms with E-state index in [-0.39, 0.29) is 12.5 Å². The second-order valence-corrected chi connectivity index (χ2v) is 5.71. The Morgan fingerprint density at radius 2 is 1.79 bits per heavy atom. The number of nitriles is 1. The van der Waals surface area contributed by atoms with E-state index in [1.807, 2.05) is 6.07 Å². The van der Waals surface area contributed by atoms with E-state index in [0.717, 1.165) is 24.9 Å². The fourth-order valence-electron chi connectivity index (χ4n) is 2.34. The highest BCUT2D eigenvalue weighted by molar-refractivity contribution is 5.90. The number of nitrogens with zero attached hydrogens (tertiary/aromatic N) is 1. The molecule has 1 N–H and O–H groups in total. The van der Waals surface area contributed by atoms with Crippen LogP contribution in [0.25, 0.3) is 0 Å². The van der Waals surface area contributed by atoms with Gasteiger partial charge in [0.2, 0.25) is 5.91 Å².